The van der Waals surface area contributed by atoms with E-state index < -0.39 is 40.6 Å². The molecule has 1 amide bonds. The lowest BCUT2D eigenvalue weighted by Crippen LogP contribution is -2.20. The number of carbonyl (C=O) groups excluding carboxylic acids is 1. The molecule has 0 spiro atoms. The first kappa shape index (κ1) is 15.1. The number of hydrogen-bond donors (Lipinski definition) is 1. The highest BCUT2D eigenvalue weighted by Gasteiger charge is 2.29. The Balaban J connectivity index is 2.42. The van der Waals surface area contributed by atoms with E-state index in [0.29, 0.717) is 0 Å². The first-order valence-corrected chi connectivity index (χ1v) is 5.51. The largest absolute Gasteiger partial charge is 0.305 e. The van der Waals surface area contributed by atoms with Crippen LogP contribution in [-0.2, 0) is 0 Å². The van der Waals surface area contributed by atoms with Crippen LogP contribution in [0.4, 0.5) is 27.8 Å². The van der Waals surface area contributed by atoms with Gasteiger partial charge in [-0.25, -0.2) is 31.9 Å². The van der Waals surface area contributed by atoms with Crippen molar-refractivity contribution in [3.8, 4) is 0 Å². The Morgan fingerprint density at radius 2 is 1.43 bits per heavy atom. The van der Waals surface area contributed by atoms with Crippen LogP contribution in [0.1, 0.15) is 10.4 Å². The summed E-state index contributed by atoms with van der Waals surface area (Å²) in [6, 6.07) is 0. The number of amides is 1. The molecule has 0 saturated heterocycles. The number of nitrogens with one attached hydrogen (secondary N) is 1. The topological polar surface area (TPSA) is 54.9 Å². The lowest BCUT2D eigenvalue weighted by atomic mass is 10.1. The Morgan fingerprint density at radius 3 is 1.90 bits per heavy atom. The quantitative estimate of drug-likeness (QED) is 0.525. The molecule has 0 atom stereocenters. The van der Waals surface area contributed by atoms with Gasteiger partial charge in [-0.2, -0.15) is 0 Å². The second-order valence-corrected chi connectivity index (χ2v) is 4.01. The normalized spacial score (nSPS) is 10.6. The molecule has 0 saturated carbocycles. The summed E-state index contributed by atoms with van der Waals surface area (Å²) < 4.78 is 65.5. The summed E-state index contributed by atoms with van der Waals surface area (Å²) in [5.41, 5.74) is -1.62. The molecule has 0 fully saturated rings. The maximum absolute atomic E-state index is 13.4. The maximum atomic E-state index is 13.4. The summed E-state index contributed by atoms with van der Waals surface area (Å²) in [6.45, 7) is 0. The van der Waals surface area contributed by atoms with E-state index in [2.05, 4.69) is 9.97 Å². The highest BCUT2D eigenvalue weighted by atomic mass is 35.5. The van der Waals surface area contributed by atoms with E-state index in [4.69, 9.17) is 11.6 Å². The number of anilines is 1. The maximum Gasteiger partial charge on any atom is 0.263 e. The molecule has 1 aromatic heterocycles. The van der Waals surface area contributed by atoms with E-state index in [1.54, 1.807) is 0 Å². The zero-order chi connectivity index (χ0) is 15.7. The number of carbonyl (C=O) groups is 1. The highest BCUT2D eigenvalue weighted by molar-refractivity contribution is 6.29. The number of rotatable bonds is 2. The van der Waals surface area contributed by atoms with Gasteiger partial charge in [-0.05, 0) is 0 Å². The van der Waals surface area contributed by atoms with Crippen LogP contribution in [0.15, 0.2) is 12.4 Å². The van der Waals surface area contributed by atoms with Gasteiger partial charge in [-0.3, -0.25) is 4.79 Å². The molecule has 0 unspecified atom stereocenters. The molecule has 1 N–H and O–H groups in total. The van der Waals surface area contributed by atoms with Crippen molar-refractivity contribution in [1.29, 1.82) is 0 Å². The van der Waals surface area contributed by atoms with Gasteiger partial charge in [0.1, 0.15) is 10.7 Å². The molecule has 4 nitrogen and oxygen atoms in total. The zero-order valence-electron chi connectivity index (χ0n) is 9.73. The summed E-state index contributed by atoms with van der Waals surface area (Å²) in [5.74, 6) is -13.1. The third-order valence-corrected chi connectivity index (χ3v) is 2.49. The van der Waals surface area contributed by atoms with Gasteiger partial charge < -0.3 is 5.32 Å². The molecule has 21 heavy (non-hydrogen) atoms. The van der Waals surface area contributed by atoms with Gasteiger partial charge in [0.2, 0.25) is 5.82 Å². The molecule has 0 aliphatic carbocycles. The number of hydrogen-bond acceptors (Lipinski definition) is 3. The molecule has 2 rings (SSSR count). The summed E-state index contributed by atoms with van der Waals surface area (Å²) in [4.78, 5) is 18.7. The summed E-state index contributed by atoms with van der Waals surface area (Å²) in [7, 11) is 0. The van der Waals surface area contributed by atoms with Crippen molar-refractivity contribution in [3.63, 3.8) is 0 Å². The number of nitrogens with zero attached hydrogens (tertiary/aromatic N) is 2. The molecule has 0 aliphatic rings. The minimum Gasteiger partial charge on any atom is -0.305 e. The second-order valence-electron chi connectivity index (χ2n) is 3.62. The average Bonchev–Trinajstić information content (AvgIpc) is 2.46. The van der Waals surface area contributed by atoms with Crippen LogP contribution in [0.3, 0.4) is 0 Å². The van der Waals surface area contributed by atoms with E-state index in [1.165, 1.54) is 0 Å². The fourth-order valence-corrected chi connectivity index (χ4v) is 1.46. The first-order valence-electron chi connectivity index (χ1n) is 5.13. The standard InChI is InChI=1S/C11H3ClF5N3O/c12-3-1-19-4(2-18-3)20-11(21)5-6(13)8(15)10(17)9(16)7(5)14/h1-2H,(H,19,20,21). The van der Waals surface area contributed by atoms with Gasteiger partial charge in [0.15, 0.2) is 29.1 Å². The van der Waals surface area contributed by atoms with E-state index in [9.17, 15) is 26.7 Å². The second kappa shape index (κ2) is 5.60. The van der Waals surface area contributed by atoms with Crippen LogP contribution in [0.25, 0.3) is 0 Å². The van der Waals surface area contributed by atoms with Crippen molar-refractivity contribution in [2.24, 2.45) is 0 Å². The lowest BCUT2D eigenvalue weighted by Gasteiger charge is -2.08. The molecular formula is C11H3ClF5N3O. The van der Waals surface area contributed by atoms with Crippen molar-refractivity contribution in [3.05, 3.63) is 52.2 Å². The molecule has 1 aromatic carbocycles. The average molecular weight is 324 g/mol. The van der Waals surface area contributed by atoms with Gasteiger partial charge in [0.25, 0.3) is 5.91 Å². The van der Waals surface area contributed by atoms with Crippen molar-refractivity contribution >= 4 is 23.3 Å². The highest BCUT2D eigenvalue weighted by Crippen LogP contribution is 2.23. The smallest absolute Gasteiger partial charge is 0.263 e. The fourth-order valence-electron chi connectivity index (χ4n) is 1.36. The van der Waals surface area contributed by atoms with Crippen LogP contribution in [0.5, 0.6) is 0 Å². The van der Waals surface area contributed by atoms with Gasteiger partial charge in [-0.1, -0.05) is 11.6 Å². The van der Waals surface area contributed by atoms with Gasteiger partial charge in [0, 0.05) is 0 Å². The predicted molar refractivity (Wildman–Crippen MR) is 61.2 cm³/mol. The Bertz CT molecular complexity index is 694. The summed E-state index contributed by atoms with van der Waals surface area (Å²) >= 11 is 5.43. The SMILES string of the molecule is O=C(Nc1cnc(Cl)cn1)c1c(F)c(F)c(F)c(F)c1F. The minimum absolute atomic E-state index is 0.0239. The summed E-state index contributed by atoms with van der Waals surface area (Å²) in [5, 5.41) is 1.81. The van der Waals surface area contributed by atoms with E-state index in [0.717, 1.165) is 12.4 Å². The lowest BCUT2D eigenvalue weighted by molar-refractivity contribution is 0.101. The Hall–Kier alpha value is -2.29. The molecule has 10 heteroatoms. The van der Waals surface area contributed by atoms with Crippen LogP contribution in [0.2, 0.25) is 5.15 Å². The molecule has 1 heterocycles. The summed E-state index contributed by atoms with van der Waals surface area (Å²) in [6.07, 6.45) is 1.95. The molecular weight excluding hydrogens is 321 g/mol. The monoisotopic (exact) mass is 323 g/mol. The number of benzene rings is 1. The minimum atomic E-state index is -2.35. The molecule has 0 bridgehead atoms. The van der Waals surface area contributed by atoms with E-state index in [1.807, 2.05) is 5.32 Å². The van der Waals surface area contributed by atoms with Crippen molar-refractivity contribution in [2.45, 2.75) is 0 Å². The molecule has 110 valence electrons. The zero-order valence-corrected chi connectivity index (χ0v) is 10.5. The van der Waals surface area contributed by atoms with Gasteiger partial charge in [0.05, 0.1) is 12.4 Å². The van der Waals surface area contributed by atoms with Crippen molar-refractivity contribution < 1.29 is 26.7 Å². The van der Waals surface area contributed by atoms with Crippen LogP contribution in [-0.4, -0.2) is 15.9 Å². The third kappa shape index (κ3) is 2.77. The first-order chi connectivity index (χ1) is 9.82. The third-order valence-electron chi connectivity index (χ3n) is 2.30. The van der Waals surface area contributed by atoms with Gasteiger partial charge >= 0.3 is 0 Å². The molecule has 0 radical (unpaired) electrons. The Kier molecular flexibility index (Phi) is 4.03. The fraction of sp³-hybridized carbons (Fsp3) is 0. The van der Waals surface area contributed by atoms with Crippen molar-refractivity contribution in [1.82, 2.24) is 9.97 Å². The van der Waals surface area contributed by atoms with Crippen LogP contribution in [0, 0.1) is 29.1 Å². The van der Waals surface area contributed by atoms with Crippen LogP contribution < -0.4 is 5.32 Å². The molecule has 0 aliphatic heterocycles. The van der Waals surface area contributed by atoms with Gasteiger partial charge in [-0.15, -0.1) is 0 Å². The number of halogens is 6. The van der Waals surface area contributed by atoms with Crippen molar-refractivity contribution in [2.75, 3.05) is 5.32 Å². The van der Waals surface area contributed by atoms with E-state index in [-0.39, 0.29) is 11.0 Å². The number of aromatic nitrogens is 2. The Morgan fingerprint density at radius 1 is 0.905 bits per heavy atom. The predicted octanol–water partition coefficient (Wildman–Crippen LogP) is 3.08. The molecule has 2 aromatic rings. The van der Waals surface area contributed by atoms with Crippen LogP contribution >= 0.6 is 11.6 Å². The Labute approximate surface area is 118 Å². The van der Waals surface area contributed by atoms with E-state index >= 15 is 0 Å².